The maximum atomic E-state index is 12.3. The van der Waals surface area contributed by atoms with E-state index in [0.29, 0.717) is 13.2 Å². The third-order valence-electron chi connectivity index (χ3n) is 3.60. The van der Waals surface area contributed by atoms with Crippen molar-refractivity contribution in [3.05, 3.63) is 45.9 Å². The summed E-state index contributed by atoms with van der Waals surface area (Å²) >= 11 is 1.72. The van der Waals surface area contributed by atoms with E-state index in [-0.39, 0.29) is 11.8 Å². The third kappa shape index (κ3) is 3.08. The molecule has 0 radical (unpaired) electrons. The van der Waals surface area contributed by atoms with Crippen LogP contribution in [0.1, 0.15) is 28.3 Å². The lowest BCUT2D eigenvalue weighted by molar-refractivity contribution is -0.122. The van der Waals surface area contributed by atoms with E-state index in [0.717, 1.165) is 29.2 Å². The second-order valence-electron chi connectivity index (χ2n) is 5.02. The molecule has 0 aliphatic carbocycles. The highest BCUT2D eigenvalue weighted by Crippen LogP contribution is 2.33. The van der Waals surface area contributed by atoms with Gasteiger partial charge in [-0.15, -0.1) is 11.3 Å². The average Bonchev–Trinajstić information content (AvgIpc) is 3.13. The molecule has 1 aromatic heterocycles. The summed E-state index contributed by atoms with van der Waals surface area (Å²) in [4.78, 5) is 17.9. The van der Waals surface area contributed by atoms with Gasteiger partial charge in [0, 0.05) is 29.6 Å². The van der Waals surface area contributed by atoms with Gasteiger partial charge in [-0.05, 0) is 12.5 Å². The second kappa shape index (κ2) is 6.26. The molecule has 3 rings (SSSR count). The number of benzene rings is 1. The van der Waals surface area contributed by atoms with Crippen LogP contribution in [0.4, 0.5) is 0 Å². The van der Waals surface area contributed by atoms with Crippen molar-refractivity contribution in [1.82, 2.24) is 10.3 Å². The Kier molecular flexibility index (Phi) is 4.20. The molecular formula is C16H18N2O2S. The summed E-state index contributed by atoms with van der Waals surface area (Å²) in [5.41, 5.74) is 0.984. The van der Waals surface area contributed by atoms with Gasteiger partial charge in [0.05, 0.1) is 5.01 Å². The normalized spacial score (nSPS) is 16.3. The highest BCUT2D eigenvalue weighted by molar-refractivity contribution is 7.11. The topological polar surface area (TPSA) is 51.2 Å². The predicted octanol–water partition coefficient (Wildman–Crippen LogP) is 2.54. The fourth-order valence-electron chi connectivity index (χ4n) is 2.42. The van der Waals surface area contributed by atoms with Crippen LogP contribution in [0, 0.1) is 0 Å². The molecule has 2 aromatic rings. The van der Waals surface area contributed by atoms with E-state index in [1.807, 2.05) is 30.5 Å². The Morgan fingerprint density at radius 3 is 3.14 bits per heavy atom. The molecule has 0 saturated carbocycles. The summed E-state index contributed by atoms with van der Waals surface area (Å²) in [6.07, 6.45) is 3.72. The van der Waals surface area contributed by atoms with Gasteiger partial charge in [0.15, 0.2) is 0 Å². The zero-order valence-electron chi connectivity index (χ0n) is 12.0. The number of carbonyl (C=O) groups is 1. The number of thiazole rings is 1. The largest absolute Gasteiger partial charge is 0.492 e. The molecule has 1 amide bonds. The number of ether oxygens (including phenoxy) is 1. The van der Waals surface area contributed by atoms with E-state index in [4.69, 9.17) is 4.74 Å². The first-order valence-corrected chi connectivity index (χ1v) is 8.02. The predicted molar refractivity (Wildman–Crippen MR) is 82.9 cm³/mol. The van der Waals surface area contributed by atoms with Crippen molar-refractivity contribution >= 4 is 17.2 Å². The van der Waals surface area contributed by atoms with Crippen LogP contribution >= 0.6 is 11.3 Å². The van der Waals surface area contributed by atoms with Crippen LogP contribution < -0.4 is 10.1 Å². The van der Waals surface area contributed by atoms with Crippen LogP contribution in [-0.4, -0.2) is 24.0 Å². The van der Waals surface area contributed by atoms with Crippen molar-refractivity contribution in [1.29, 1.82) is 0 Å². The number of para-hydroxylation sites is 1. The first kappa shape index (κ1) is 14.1. The Bertz CT molecular complexity index is 639. The summed E-state index contributed by atoms with van der Waals surface area (Å²) in [5.74, 6) is 0.668. The molecule has 1 aliphatic rings. The maximum absolute atomic E-state index is 12.3. The van der Waals surface area contributed by atoms with Crippen molar-refractivity contribution in [2.24, 2.45) is 0 Å². The molecule has 2 heterocycles. The van der Waals surface area contributed by atoms with Crippen LogP contribution in [0.25, 0.3) is 0 Å². The van der Waals surface area contributed by atoms with Crippen molar-refractivity contribution in [2.75, 3.05) is 13.2 Å². The zero-order valence-corrected chi connectivity index (χ0v) is 12.8. The monoisotopic (exact) mass is 302 g/mol. The van der Waals surface area contributed by atoms with Crippen LogP contribution in [0.5, 0.6) is 5.75 Å². The standard InChI is InChI=1S/C16H18N2O2S/c1-2-11-9-18-15(21-11)7-8-17-16(19)13-10-20-14-6-4-3-5-12(13)14/h3-6,9,13H,2,7-8,10H2,1H3,(H,17,19)/t13-/m1/s1. The maximum Gasteiger partial charge on any atom is 0.231 e. The van der Waals surface area contributed by atoms with Crippen LogP contribution in [0.15, 0.2) is 30.5 Å². The number of rotatable bonds is 5. The van der Waals surface area contributed by atoms with Crippen molar-refractivity contribution in [2.45, 2.75) is 25.7 Å². The number of amides is 1. The van der Waals surface area contributed by atoms with Crippen molar-refractivity contribution in [3.63, 3.8) is 0 Å². The third-order valence-corrected chi connectivity index (χ3v) is 4.81. The molecule has 110 valence electrons. The molecule has 1 N–H and O–H groups in total. The lowest BCUT2D eigenvalue weighted by atomic mass is 10.0. The quantitative estimate of drug-likeness (QED) is 0.923. The van der Waals surface area contributed by atoms with Gasteiger partial charge in [-0.2, -0.15) is 0 Å². The van der Waals surface area contributed by atoms with E-state index in [1.54, 1.807) is 11.3 Å². The molecule has 0 unspecified atom stereocenters. The Hall–Kier alpha value is -1.88. The molecule has 1 aliphatic heterocycles. The molecule has 0 spiro atoms. The van der Waals surface area contributed by atoms with E-state index >= 15 is 0 Å². The van der Waals surface area contributed by atoms with E-state index < -0.39 is 0 Å². The minimum Gasteiger partial charge on any atom is -0.492 e. The highest BCUT2D eigenvalue weighted by Gasteiger charge is 2.29. The summed E-state index contributed by atoms with van der Waals surface area (Å²) in [7, 11) is 0. The number of nitrogens with one attached hydrogen (secondary N) is 1. The fourth-order valence-corrected chi connectivity index (χ4v) is 3.28. The summed E-state index contributed by atoms with van der Waals surface area (Å²) < 4.78 is 5.54. The molecule has 0 bridgehead atoms. The van der Waals surface area contributed by atoms with Crippen LogP contribution in [0.3, 0.4) is 0 Å². The summed E-state index contributed by atoms with van der Waals surface area (Å²) in [5, 5.41) is 4.07. The second-order valence-corrected chi connectivity index (χ2v) is 6.22. The van der Waals surface area contributed by atoms with Gasteiger partial charge >= 0.3 is 0 Å². The fraction of sp³-hybridized carbons (Fsp3) is 0.375. The van der Waals surface area contributed by atoms with Crippen molar-refractivity contribution in [3.8, 4) is 5.75 Å². The Morgan fingerprint density at radius 2 is 2.33 bits per heavy atom. The van der Waals surface area contributed by atoms with E-state index in [1.165, 1.54) is 4.88 Å². The molecule has 0 fully saturated rings. The van der Waals surface area contributed by atoms with E-state index in [9.17, 15) is 4.79 Å². The summed E-state index contributed by atoms with van der Waals surface area (Å²) in [6, 6.07) is 7.73. The van der Waals surface area contributed by atoms with Gasteiger partial charge < -0.3 is 10.1 Å². The Labute approximate surface area is 128 Å². The number of fused-ring (bicyclic) bond motifs is 1. The minimum absolute atomic E-state index is 0.0345. The number of nitrogens with zero attached hydrogens (tertiary/aromatic N) is 1. The highest BCUT2D eigenvalue weighted by atomic mass is 32.1. The molecule has 1 aromatic carbocycles. The molecule has 5 heteroatoms. The smallest absolute Gasteiger partial charge is 0.231 e. The first-order valence-electron chi connectivity index (χ1n) is 7.21. The van der Waals surface area contributed by atoms with Gasteiger partial charge in [-0.3, -0.25) is 4.79 Å². The lowest BCUT2D eigenvalue weighted by Crippen LogP contribution is -2.31. The van der Waals surface area contributed by atoms with Crippen LogP contribution in [0.2, 0.25) is 0 Å². The van der Waals surface area contributed by atoms with Gasteiger partial charge in [0.1, 0.15) is 18.3 Å². The van der Waals surface area contributed by atoms with Gasteiger partial charge in [-0.1, -0.05) is 25.1 Å². The SMILES string of the molecule is CCc1cnc(CCNC(=O)[C@@H]2COc3ccccc32)s1. The number of hydrogen-bond acceptors (Lipinski definition) is 4. The first-order chi connectivity index (χ1) is 10.3. The molecular weight excluding hydrogens is 284 g/mol. The number of carbonyl (C=O) groups excluding carboxylic acids is 1. The number of aromatic nitrogens is 1. The van der Waals surface area contributed by atoms with Gasteiger partial charge in [-0.25, -0.2) is 4.98 Å². The minimum atomic E-state index is -0.191. The number of aryl methyl sites for hydroxylation is 1. The lowest BCUT2D eigenvalue weighted by Gasteiger charge is -2.09. The average molecular weight is 302 g/mol. The zero-order chi connectivity index (χ0) is 14.7. The van der Waals surface area contributed by atoms with Crippen molar-refractivity contribution < 1.29 is 9.53 Å². The van der Waals surface area contributed by atoms with Gasteiger partial charge in [0.2, 0.25) is 5.91 Å². The Balaban J connectivity index is 1.53. The van der Waals surface area contributed by atoms with Crippen LogP contribution in [-0.2, 0) is 17.6 Å². The number of hydrogen-bond donors (Lipinski definition) is 1. The van der Waals surface area contributed by atoms with E-state index in [2.05, 4.69) is 17.2 Å². The summed E-state index contributed by atoms with van der Waals surface area (Å²) in [6.45, 7) is 3.17. The molecule has 0 saturated heterocycles. The van der Waals surface area contributed by atoms with Gasteiger partial charge in [0.25, 0.3) is 0 Å². The Morgan fingerprint density at radius 1 is 1.48 bits per heavy atom. The molecule has 4 nitrogen and oxygen atoms in total. The molecule has 1 atom stereocenters. The molecule has 21 heavy (non-hydrogen) atoms.